The molecule has 7 nitrogen and oxygen atoms in total. The Hall–Kier alpha value is -1.02. The standard InChI is InChI=1S/C12H23NO6/c1-2-19-12(16)11-13(3-5-14)4-7-17-9-10-18-8-6-15/h5,15H,2-4,6-11H2,1H3. The highest BCUT2D eigenvalue weighted by Gasteiger charge is 2.10. The van der Waals surface area contributed by atoms with Crippen LogP contribution in [0.15, 0.2) is 0 Å². The van der Waals surface area contributed by atoms with Gasteiger partial charge in [0.1, 0.15) is 6.29 Å². The summed E-state index contributed by atoms with van der Waals surface area (Å²) in [5.41, 5.74) is 0. The molecule has 0 fully saturated rings. The molecule has 0 radical (unpaired) electrons. The molecule has 0 aliphatic carbocycles. The summed E-state index contributed by atoms with van der Waals surface area (Å²) >= 11 is 0. The molecule has 1 N–H and O–H groups in total. The zero-order valence-corrected chi connectivity index (χ0v) is 11.4. The zero-order valence-electron chi connectivity index (χ0n) is 11.4. The topological polar surface area (TPSA) is 85.3 Å². The molecule has 0 aromatic heterocycles. The Kier molecular flexibility index (Phi) is 12.7. The van der Waals surface area contributed by atoms with Crippen LogP contribution in [0.2, 0.25) is 0 Å². The Morgan fingerprint density at radius 3 is 2.47 bits per heavy atom. The molecule has 0 bridgehead atoms. The SMILES string of the molecule is CCOC(=O)CN(CC=O)CCOCCOCCO. The fourth-order valence-corrected chi connectivity index (χ4v) is 1.31. The minimum absolute atomic E-state index is 0.00729. The van der Waals surface area contributed by atoms with Crippen molar-refractivity contribution in [3.63, 3.8) is 0 Å². The average molecular weight is 277 g/mol. The van der Waals surface area contributed by atoms with E-state index in [9.17, 15) is 9.59 Å². The summed E-state index contributed by atoms with van der Waals surface area (Å²) in [6.45, 7) is 4.29. The van der Waals surface area contributed by atoms with Crippen molar-refractivity contribution in [2.75, 3.05) is 59.3 Å². The molecular weight excluding hydrogens is 254 g/mol. The first-order valence-electron chi connectivity index (χ1n) is 6.32. The quantitative estimate of drug-likeness (QED) is 0.264. The Morgan fingerprint density at radius 1 is 1.21 bits per heavy atom. The second-order valence-electron chi connectivity index (χ2n) is 3.66. The summed E-state index contributed by atoms with van der Waals surface area (Å²) in [6.07, 6.45) is 0.740. The number of aliphatic hydroxyl groups is 1. The van der Waals surface area contributed by atoms with Crippen LogP contribution in [0.3, 0.4) is 0 Å². The predicted molar refractivity (Wildman–Crippen MR) is 67.9 cm³/mol. The largest absolute Gasteiger partial charge is 0.465 e. The maximum Gasteiger partial charge on any atom is 0.320 e. The van der Waals surface area contributed by atoms with Crippen molar-refractivity contribution < 1.29 is 28.9 Å². The predicted octanol–water partition coefficient (Wildman–Crippen LogP) is -0.924. The first-order valence-corrected chi connectivity index (χ1v) is 6.32. The number of carbonyl (C=O) groups excluding carboxylic acids is 2. The smallest absolute Gasteiger partial charge is 0.320 e. The van der Waals surface area contributed by atoms with Gasteiger partial charge in [0.05, 0.1) is 52.7 Å². The third-order valence-electron chi connectivity index (χ3n) is 2.15. The number of carbonyl (C=O) groups is 2. The van der Waals surface area contributed by atoms with Gasteiger partial charge in [-0.2, -0.15) is 0 Å². The molecule has 0 heterocycles. The monoisotopic (exact) mass is 277 g/mol. The van der Waals surface area contributed by atoms with Crippen molar-refractivity contribution in [2.24, 2.45) is 0 Å². The van der Waals surface area contributed by atoms with Gasteiger partial charge in [0.25, 0.3) is 0 Å². The Balaban J connectivity index is 3.64. The van der Waals surface area contributed by atoms with Crippen LogP contribution in [0, 0.1) is 0 Å². The number of rotatable bonds is 13. The number of nitrogens with zero attached hydrogens (tertiary/aromatic N) is 1. The molecule has 7 heteroatoms. The molecule has 0 amide bonds. The normalized spacial score (nSPS) is 10.7. The second-order valence-corrected chi connectivity index (χ2v) is 3.66. The lowest BCUT2D eigenvalue weighted by Crippen LogP contribution is -2.35. The third kappa shape index (κ3) is 11.8. The van der Waals surface area contributed by atoms with E-state index in [1.807, 2.05) is 0 Å². The number of aliphatic hydroxyl groups excluding tert-OH is 1. The zero-order chi connectivity index (χ0) is 14.3. The Morgan fingerprint density at radius 2 is 1.89 bits per heavy atom. The number of ether oxygens (including phenoxy) is 3. The van der Waals surface area contributed by atoms with Gasteiger partial charge in [-0.25, -0.2) is 0 Å². The number of esters is 1. The van der Waals surface area contributed by atoms with Crippen LogP contribution in [0.4, 0.5) is 0 Å². The first-order chi connectivity index (χ1) is 9.24. The maximum absolute atomic E-state index is 11.3. The lowest BCUT2D eigenvalue weighted by Gasteiger charge is -2.18. The van der Waals surface area contributed by atoms with E-state index in [1.54, 1.807) is 11.8 Å². The molecule has 0 spiro atoms. The van der Waals surface area contributed by atoms with Gasteiger partial charge in [-0.3, -0.25) is 9.69 Å². The van der Waals surface area contributed by atoms with E-state index in [4.69, 9.17) is 19.3 Å². The Bertz CT molecular complexity index is 236. The minimum Gasteiger partial charge on any atom is -0.465 e. The molecule has 112 valence electrons. The van der Waals surface area contributed by atoms with Crippen LogP contribution in [0.5, 0.6) is 0 Å². The summed E-state index contributed by atoms with van der Waals surface area (Å²) in [5, 5.41) is 8.48. The van der Waals surface area contributed by atoms with E-state index in [0.717, 1.165) is 6.29 Å². The van der Waals surface area contributed by atoms with Crippen LogP contribution >= 0.6 is 0 Å². The van der Waals surface area contributed by atoms with Crippen LogP contribution in [0.1, 0.15) is 6.92 Å². The molecule has 19 heavy (non-hydrogen) atoms. The number of hydrogen-bond acceptors (Lipinski definition) is 7. The van der Waals surface area contributed by atoms with Crippen LogP contribution in [-0.2, 0) is 23.8 Å². The van der Waals surface area contributed by atoms with Crippen molar-refractivity contribution in [3.05, 3.63) is 0 Å². The van der Waals surface area contributed by atoms with Crippen molar-refractivity contribution in [1.29, 1.82) is 0 Å². The number of hydrogen-bond donors (Lipinski definition) is 1. The van der Waals surface area contributed by atoms with E-state index in [0.29, 0.717) is 39.6 Å². The van der Waals surface area contributed by atoms with Gasteiger partial charge in [-0.15, -0.1) is 0 Å². The molecule has 0 unspecified atom stereocenters. The highest BCUT2D eigenvalue weighted by Crippen LogP contribution is 1.90. The molecule has 0 saturated heterocycles. The summed E-state index contributed by atoms with van der Waals surface area (Å²) in [7, 11) is 0. The van der Waals surface area contributed by atoms with Gasteiger partial charge in [0.2, 0.25) is 0 Å². The van der Waals surface area contributed by atoms with Crippen LogP contribution in [-0.4, -0.2) is 81.5 Å². The molecule has 0 saturated carbocycles. The summed E-state index contributed by atoms with van der Waals surface area (Å²) in [4.78, 5) is 23.4. The van der Waals surface area contributed by atoms with Crippen molar-refractivity contribution in [3.8, 4) is 0 Å². The van der Waals surface area contributed by atoms with Crippen molar-refractivity contribution in [2.45, 2.75) is 6.92 Å². The highest BCUT2D eigenvalue weighted by atomic mass is 16.5. The summed E-state index contributed by atoms with van der Waals surface area (Å²) < 4.78 is 15.1. The fraction of sp³-hybridized carbons (Fsp3) is 0.833. The lowest BCUT2D eigenvalue weighted by molar-refractivity contribution is -0.144. The van der Waals surface area contributed by atoms with E-state index >= 15 is 0 Å². The maximum atomic E-state index is 11.3. The molecule has 0 aliphatic rings. The second kappa shape index (κ2) is 13.4. The molecule has 0 aromatic rings. The van der Waals surface area contributed by atoms with Gasteiger partial charge >= 0.3 is 5.97 Å². The molecular formula is C12H23NO6. The Labute approximate surface area is 113 Å². The van der Waals surface area contributed by atoms with Gasteiger partial charge < -0.3 is 24.1 Å². The highest BCUT2D eigenvalue weighted by molar-refractivity contribution is 5.72. The van der Waals surface area contributed by atoms with Gasteiger partial charge in [-0.1, -0.05) is 0 Å². The molecule has 0 rings (SSSR count). The van der Waals surface area contributed by atoms with Gasteiger partial charge in [-0.05, 0) is 6.92 Å². The van der Waals surface area contributed by atoms with Gasteiger partial charge in [0.15, 0.2) is 0 Å². The van der Waals surface area contributed by atoms with E-state index in [-0.39, 0.29) is 25.7 Å². The van der Waals surface area contributed by atoms with Crippen LogP contribution in [0.25, 0.3) is 0 Å². The lowest BCUT2D eigenvalue weighted by atomic mass is 10.4. The summed E-state index contributed by atoms with van der Waals surface area (Å²) in [5.74, 6) is -0.351. The van der Waals surface area contributed by atoms with Gasteiger partial charge in [0, 0.05) is 6.54 Å². The fourth-order valence-electron chi connectivity index (χ4n) is 1.31. The molecule has 0 aromatic carbocycles. The van der Waals surface area contributed by atoms with E-state index in [2.05, 4.69) is 0 Å². The van der Waals surface area contributed by atoms with Crippen LogP contribution < -0.4 is 0 Å². The molecule has 0 atom stereocenters. The van der Waals surface area contributed by atoms with Crippen molar-refractivity contribution in [1.82, 2.24) is 4.90 Å². The van der Waals surface area contributed by atoms with E-state index in [1.165, 1.54) is 0 Å². The van der Waals surface area contributed by atoms with Crippen molar-refractivity contribution >= 4 is 12.3 Å². The third-order valence-corrected chi connectivity index (χ3v) is 2.15. The average Bonchev–Trinajstić information content (AvgIpc) is 2.38. The first kappa shape index (κ1) is 18.0. The summed E-state index contributed by atoms with van der Waals surface area (Å²) in [6, 6.07) is 0. The van der Waals surface area contributed by atoms with E-state index < -0.39 is 0 Å². The number of aldehydes is 1. The molecule has 0 aliphatic heterocycles. The minimum atomic E-state index is -0.351.